The second-order valence-corrected chi connectivity index (χ2v) is 6.13. The van der Waals surface area contributed by atoms with Crippen molar-refractivity contribution < 1.29 is 0 Å². The van der Waals surface area contributed by atoms with Gasteiger partial charge in [0.15, 0.2) is 0 Å². The summed E-state index contributed by atoms with van der Waals surface area (Å²) in [5.74, 6) is 0.462. The van der Waals surface area contributed by atoms with Crippen LogP contribution in [0.3, 0.4) is 0 Å². The van der Waals surface area contributed by atoms with Crippen LogP contribution in [-0.2, 0) is 0 Å². The van der Waals surface area contributed by atoms with Gasteiger partial charge in [-0.05, 0) is 43.6 Å². The molecule has 0 spiro atoms. The quantitative estimate of drug-likeness (QED) is 0.896. The maximum atomic E-state index is 6.02. The van der Waals surface area contributed by atoms with Crippen molar-refractivity contribution in [1.29, 1.82) is 0 Å². The van der Waals surface area contributed by atoms with E-state index in [2.05, 4.69) is 48.2 Å². The minimum Gasteiger partial charge on any atom is -0.378 e. The molecule has 112 valence electrons. The number of benzene rings is 1. The fraction of sp³-hybridized carbons (Fsp3) is 0.647. The van der Waals surface area contributed by atoms with Crippen molar-refractivity contribution in [2.24, 2.45) is 5.73 Å². The van der Waals surface area contributed by atoms with Crippen molar-refractivity contribution in [2.75, 3.05) is 45.2 Å². The van der Waals surface area contributed by atoms with Crippen LogP contribution in [-0.4, -0.2) is 45.2 Å². The van der Waals surface area contributed by atoms with E-state index in [4.69, 9.17) is 5.73 Å². The summed E-state index contributed by atoms with van der Waals surface area (Å²) in [4.78, 5) is 4.74. The summed E-state index contributed by atoms with van der Waals surface area (Å²) in [6.07, 6.45) is 5.47. The Morgan fingerprint density at radius 2 is 1.65 bits per heavy atom. The van der Waals surface area contributed by atoms with Crippen LogP contribution in [0.4, 0.5) is 5.69 Å². The SMILES string of the molecule is CN(C)c1ccc(C(CN)CN2CCCCCC2)cc1. The van der Waals surface area contributed by atoms with Crippen LogP contribution in [0.25, 0.3) is 0 Å². The fourth-order valence-corrected chi connectivity index (χ4v) is 2.99. The van der Waals surface area contributed by atoms with Gasteiger partial charge in [-0.2, -0.15) is 0 Å². The van der Waals surface area contributed by atoms with Crippen LogP contribution >= 0.6 is 0 Å². The Bertz CT molecular complexity index is 378. The number of rotatable bonds is 5. The lowest BCUT2D eigenvalue weighted by atomic mass is 9.98. The normalized spacial score (nSPS) is 18.6. The second kappa shape index (κ2) is 7.65. The van der Waals surface area contributed by atoms with Gasteiger partial charge in [0, 0.05) is 38.8 Å². The Morgan fingerprint density at radius 1 is 1.05 bits per heavy atom. The Balaban J connectivity index is 1.99. The number of nitrogens with two attached hydrogens (primary N) is 1. The lowest BCUT2D eigenvalue weighted by molar-refractivity contribution is 0.267. The monoisotopic (exact) mass is 275 g/mol. The molecule has 0 radical (unpaired) electrons. The van der Waals surface area contributed by atoms with E-state index in [1.54, 1.807) is 0 Å². The average Bonchev–Trinajstić information content (AvgIpc) is 2.73. The molecule has 2 rings (SSSR count). The van der Waals surface area contributed by atoms with Gasteiger partial charge in [0.2, 0.25) is 0 Å². The van der Waals surface area contributed by atoms with E-state index >= 15 is 0 Å². The van der Waals surface area contributed by atoms with Gasteiger partial charge in [-0.1, -0.05) is 25.0 Å². The van der Waals surface area contributed by atoms with Gasteiger partial charge in [0.05, 0.1) is 0 Å². The molecule has 1 aliphatic heterocycles. The summed E-state index contributed by atoms with van der Waals surface area (Å²) in [5.41, 5.74) is 8.65. The molecule has 1 aliphatic rings. The van der Waals surface area contributed by atoms with E-state index in [1.165, 1.54) is 50.0 Å². The van der Waals surface area contributed by atoms with E-state index in [-0.39, 0.29) is 0 Å². The molecule has 0 amide bonds. The Kier molecular flexibility index (Phi) is 5.86. The van der Waals surface area contributed by atoms with Gasteiger partial charge >= 0.3 is 0 Å². The van der Waals surface area contributed by atoms with Crippen LogP contribution < -0.4 is 10.6 Å². The Labute approximate surface area is 123 Å². The minimum absolute atomic E-state index is 0.462. The van der Waals surface area contributed by atoms with Gasteiger partial charge < -0.3 is 15.5 Å². The first-order valence-electron chi connectivity index (χ1n) is 7.90. The number of likely N-dealkylation sites (tertiary alicyclic amines) is 1. The third-order valence-electron chi connectivity index (χ3n) is 4.34. The predicted molar refractivity (Wildman–Crippen MR) is 87.5 cm³/mol. The standard InChI is InChI=1S/C17H29N3/c1-19(2)17-9-7-15(8-10-17)16(13-18)14-20-11-5-3-4-6-12-20/h7-10,16H,3-6,11-14,18H2,1-2H3. The first-order chi connectivity index (χ1) is 9.70. The molecule has 1 aromatic rings. The van der Waals surface area contributed by atoms with E-state index in [1.807, 2.05) is 0 Å². The van der Waals surface area contributed by atoms with E-state index in [0.29, 0.717) is 5.92 Å². The average molecular weight is 275 g/mol. The third-order valence-corrected chi connectivity index (χ3v) is 4.34. The number of nitrogens with zero attached hydrogens (tertiary/aromatic N) is 2. The predicted octanol–water partition coefficient (Wildman–Crippen LogP) is 2.67. The lowest BCUT2D eigenvalue weighted by Gasteiger charge is -2.26. The molecule has 0 aliphatic carbocycles. The highest BCUT2D eigenvalue weighted by Crippen LogP contribution is 2.21. The van der Waals surface area contributed by atoms with Gasteiger partial charge in [0.25, 0.3) is 0 Å². The van der Waals surface area contributed by atoms with E-state index < -0.39 is 0 Å². The molecule has 0 bridgehead atoms. The zero-order valence-corrected chi connectivity index (χ0v) is 13.0. The molecule has 1 heterocycles. The molecule has 1 fully saturated rings. The van der Waals surface area contributed by atoms with Crippen molar-refractivity contribution in [3.8, 4) is 0 Å². The second-order valence-electron chi connectivity index (χ2n) is 6.13. The number of hydrogen-bond donors (Lipinski definition) is 1. The number of anilines is 1. The molecule has 1 aromatic carbocycles. The van der Waals surface area contributed by atoms with Crippen LogP contribution in [0.5, 0.6) is 0 Å². The molecular formula is C17H29N3. The summed E-state index contributed by atoms with van der Waals surface area (Å²) in [6, 6.07) is 8.87. The van der Waals surface area contributed by atoms with Crippen LogP contribution in [0.2, 0.25) is 0 Å². The summed E-state index contributed by atoms with van der Waals surface area (Å²) in [5, 5.41) is 0. The third kappa shape index (κ3) is 4.22. The molecule has 1 atom stereocenters. The van der Waals surface area contributed by atoms with Crippen molar-refractivity contribution in [1.82, 2.24) is 4.90 Å². The highest BCUT2D eigenvalue weighted by Gasteiger charge is 2.16. The molecule has 1 unspecified atom stereocenters. The summed E-state index contributed by atoms with van der Waals surface area (Å²) in [6.45, 7) is 4.33. The minimum atomic E-state index is 0.462. The zero-order chi connectivity index (χ0) is 14.4. The van der Waals surface area contributed by atoms with Crippen molar-refractivity contribution in [3.63, 3.8) is 0 Å². The molecule has 20 heavy (non-hydrogen) atoms. The first-order valence-corrected chi connectivity index (χ1v) is 7.90. The van der Waals surface area contributed by atoms with Gasteiger partial charge in [0.1, 0.15) is 0 Å². The van der Waals surface area contributed by atoms with Crippen LogP contribution in [0.1, 0.15) is 37.2 Å². The maximum Gasteiger partial charge on any atom is 0.0361 e. The van der Waals surface area contributed by atoms with E-state index in [9.17, 15) is 0 Å². The molecule has 3 nitrogen and oxygen atoms in total. The highest BCUT2D eigenvalue weighted by atomic mass is 15.1. The van der Waals surface area contributed by atoms with Crippen molar-refractivity contribution >= 4 is 5.69 Å². The van der Waals surface area contributed by atoms with E-state index in [0.717, 1.165) is 13.1 Å². The fourth-order valence-electron chi connectivity index (χ4n) is 2.99. The smallest absolute Gasteiger partial charge is 0.0361 e. The lowest BCUT2D eigenvalue weighted by Crippen LogP contribution is -2.32. The molecular weight excluding hydrogens is 246 g/mol. The molecule has 2 N–H and O–H groups in total. The maximum absolute atomic E-state index is 6.02. The van der Waals surface area contributed by atoms with Gasteiger partial charge in [-0.15, -0.1) is 0 Å². The van der Waals surface area contributed by atoms with Crippen LogP contribution in [0, 0.1) is 0 Å². The van der Waals surface area contributed by atoms with Gasteiger partial charge in [-0.3, -0.25) is 0 Å². The Morgan fingerprint density at radius 3 is 2.15 bits per heavy atom. The molecule has 3 heteroatoms. The topological polar surface area (TPSA) is 32.5 Å². The van der Waals surface area contributed by atoms with Crippen molar-refractivity contribution in [2.45, 2.75) is 31.6 Å². The van der Waals surface area contributed by atoms with Gasteiger partial charge in [-0.25, -0.2) is 0 Å². The molecule has 1 saturated heterocycles. The highest BCUT2D eigenvalue weighted by molar-refractivity contribution is 5.46. The summed E-state index contributed by atoms with van der Waals surface area (Å²) in [7, 11) is 4.15. The summed E-state index contributed by atoms with van der Waals surface area (Å²) >= 11 is 0. The number of hydrogen-bond acceptors (Lipinski definition) is 3. The van der Waals surface area contributed by atoms with Crippen molar-refractivity contribution in [3.05, 3.63) is 29.8 Å². The summed E-state index contributed by atoms with van der Waals surface area (Å²) < 4.78 is 0. The first kappa shape index (κ1) is 15.3. The zero-order valence-electron chi connectivity index (χ0n) is 13.0. The Hall–Kier alpha value is -1.06. The molecule has 0 aromatic heterocycles. The van der Waals surface area contributed by atoms with Crippen LogP contribution in [0.15, 0.2) is 24.3 Å². The largest absolute Gasteiger partial charge is 0.378 e. The molecule has 0 saturated carbocycles.